The van der Waals surface area contributed by atoms with E-state index in [1.165, 1.54) is 6.07 Å². The van der Waals surface area contributed by atoms with Crippen LogP contribution in [-0.4, -0.2) is 16.7 Å². The van der Waals surface area contributed by atoms with Crippen LogP contribution in [0.5, 0.6) is 0 Å². The third kappa shape index (κ3) is 2.17. The monoisotopic (exact) mass is 217 g/mol. The van der Waals surface area contributed by atoms with Crippen molar-refractivity contribution in [1.82, 2.24) is 10.7 Å². The summed E-state index contributed by atoms with van der Waals surface area (Å²) in [5, 5.41) is 0.129. The number of hydrogen-bond acceptors (Lipinski definition) is 3. The van der Waals surface area contributed by atoms with Crippen LogP contribution in [0.2, 0.25) is 10.2 Å². The quantitative estimate of drug-likeness (QED) is 0.427. The van der Waals surface area contributed by atoms with Crippen molar-refractivity contribution < 1.29 is 9.59 Å². The molecule has 0 aliphatic heterocycles. The van der Waals surface area contributed by atoms with Crippen molar-refractivity contribution in [3.63, 3.8) is 0 Å². The number of nitrogens with one attached hydrogen (secondary N) is 1. The van der Waals surface area contributed by atoms with Gasteiger partial charge in [0.25, 0.3) is 5.78 Å². The van der Waals surface area contributed by atoms with Gasteiger partial charge in [0.1, 0.15) is 5.15 Å². The maximum absolute atomic E-state index is 10.9. The zero-order valence-corrected chi connectivity index (χ0v) is 7.69. The topological polar surface area (TPSA) is 70.8 Å². The van der Waals surface area contributed by atoms with Gasteiger partial charge >= 0.3 is 5.91 Å². The van der Waals surface area contributed by atoms with E-state index in [1.807, 2.05) is 0 Å². The van der Waals surface area contributed by atoms with E-state index in [0.717, 1.165) is 6.20 Å². The molecular weight excluding hydrogens is 215 g/mol. The van der Waals surface area contributed by atoms with Gasteiger partial charge in [-0.2, -0.15) is 0 Å². The van der Waals surface area contributed by atoms with E-state index in [-0.39, 0.29) is 15.7 Å². The Kier molecular flexibility index (Phi) is 2.85. The van der Waals surface area contributed by atoms with Crippen molar-refractivity contribution >= 4 is 34.9 Å². The Morgan fingerprint density at radius 2 is 2.00 bits per heavy atom. The van der Waals surface area contributed by atoms with Crippen molar-refractivity contribution in [2.75, 3.05) is 0 Å². The minimum absolute atomic E-state index is 0.0330. The molecule has 0 saturated carbocycles. The fourth-order valence-corrected chi connectivity index (χ4v) is 0.946. The van der Waals surface area contributed by atoms with Crippen LogP contribution < -0.4 is 5.73 Å². The number of carbonyl (C=O) groups excluding carboxylic acids is 2. The second-order valence-corrected chi connectivity index (χ2v) is 2.92. The summed E-state index contributed by atoms with van der Waals surface area (Å²) in [6, 6.07) is 1.20. The number of amides is 1. The molecule has 0 unspecified atom stereocenters. The lowest BCUT2D eigenvalue weighted by Gasteiger charge is -1.97. The van der Waals surface area contributed by atoms with Gasteiger partial charge in [-0.25, -0.2) is 4.98 Å². The highest BCUT2D eigenvalue weighted by molar-refractivity contribution is 6.44. The van der Waals surface area contributed by atoms with Crippen LogP contribution in [0.15, 0.2) is 12.3 Å². The Labute approximate surface area is 83.7 Å². The van der Waals surface area contributed by atoms with E-state index in [0.29, 0.717) is 0 Å². The minimum Gasteiger partial charge on any atom is -0.283 e. The van der Waals surface area contributed by atoms with Crippen LogP contribution >= 0.6 is 23.2 Å². The maximum Gasteiger partial charge on any atom is 0.310 e. The van der Waals surface area contributed by atoms with Crippen LogP contribution in [0, 0.1) is 0 Å². The molecule has 1 N–H and O–H groups in total. The zero-order valence-electron chi connectivity index (χ0n) is 6.17. The average Bonchev–Trinajstić information content (AvgIpc) is 2.08. The first-order valence-electron chi connectivity index (χ1n) is 3.13. The first-order valence-corrected chi connectivity index (χ1v) is 3.89. The predicted molar refractivity (Wildman–Crippen MR) is 46.7 cm³/mol. The summed E-state index contributed by atoms with van der Waals surface area (Å²) in [6.07, 6.45) is 1.10. The Morgan fingerprint density at radius 1 is 1.38 bits per heavy atom. The molecule has 0 fully saturated rings. The fraction of sp³-hybridized carbons (Fsp3) is 0. The molecule has 0 aliphatic carbocycles. The lowest BCUT2D eigenvalue weighted by molar-refractivity contribution is -0.114. The number of rotatable bonds is 2. The van der Waals surface area contributed by atoms with Crippen LogP contribution in [0.3, 0.4) is 0 Å². The largest absolute Gasteiger partial charge is 0.310 e. The van der Waals surface area contributed by atoms with Crippen LogP contribution in [0.1, 0.15) is 10.4 Å². The number of aromatic nitrogens is 1. The fourth-order valence-electron chi connectivity index (χ4n) is 0.676. The Morgan fingerprint density at radius 3 is 2.46 bits per heavy atom. The molecule has 0 atom stereocenters. The lowest BCUT2D eigenvalue weighted by Crippen LogP contribution is -2.14. The molecule has 0 saturated heterocycles. The Hall–Kier alpha value is -1.13. The standard InChI is InChI=1S/C7H3Cl2N2O2/c8-4-1-3(2-11-6(4)9)5(12)7(10)13/h1-2,10H. The molecule has 0 aliphatic rings. The van der Waals surface area contributed by atoms with Gasteiger partial charge in [-0.1, -0.05) is 23.2 Å². The van der Waals surface area contributed by atoms with E-state index in [2.05, 4.69) is 4.98 Å². The van der Waals surface area contributed by atoms with Gasteiger partial charge in [-0.15, -0.1) is 0 Å². The van der Waals surface area contributed by atoms with Gasteiger partial charge in [-0.05, 0) is 6.07 Å². The third-order valence-corrected chi connectivity index (χ3v) is 1.95. The predicted octanol–water partition coefficient (Wildman–Crippen LogP) is 1.38. The SMILES string of the molecule is [NH]C(=O)C(=O)c1cnc(Cl)c(Cl)c1. The van der Waals surface area contributed by atoms with Gasteiger partial charge < -0.3 is 0 Å². The molecule has 4 nitrogen and oxygen atoms in total. The van der Waals surface area contributed by atoms with Gasteiger partial charge in [0, 0.05) is 11.8 Å². The summed E-state index contributed by atoms with van der Waals surface area (Å²) in [4.78, 5) is 24.8. The van der Waals surface area contributed by atoms with E-state index in [4.69, 9.17) is 28.9 Å². The van der Waals surface area contributed by atoms with Crippen LogP contribution in [0.25, 0.3) is 0 Å². The molecule has 0 bridgehead atoms. The molecule has 1 aromatic rings. The zero-order chi connectivity index (χ0) is 10.0. The van der Waals surface area contributed by atoms with E-state index < -0.39 is 11.7 Å². The molecule has 6 heteroatoms. The smallest absolute Gasteiger partial charge is 0.283 e. The Bertz CT molecular complexity index is 379. The van der Waals surface area contributed by atoms with Crippen molar-refractivity contribution in [2.45, 2.75) is 0 Å². The number of halogens is 2. The number of nitrogens with zero attached hydrogens (tertiary/aromatic N) is 1. The highest BCUT2D eigenvalue weighted by Gasteiger charge is 2.14. The molecule has 0 aromatic carbocycles. The van der Waals surface area contributed by atoms with Crippen LogP contribution in [-0.2, 0) is 4.79 Å². The first-order chi connectivity index (χ1) is 6.02. The van der Waals surface area contributed by atoms with Crippen molar-refractivity contribution in [3.8, 4) is 0 Å². The summed E-state index contributed by atoms with van der Waals surface area (Å²) in [6.45, 7) is 0. The van der Waals surface area contributed by atoms with Crippen molar-refractivity contribution in [1.29, 1.82) is 0 Å². The summed E-state index contributed by atoms with van der Waals surface area (Å²) in [5.41, 5.74) is 6.52. The number of carbonyl (C=O) groups is 2. The number of hydrogen-bond donors (Lipinski definition) is 0. The summed E-state index contributed by atoms with van der Waals surface area (Å²) in [5.74, 6) is -2.26. The molecule has 13 heavy (non-hydrogen) atoms. The second-order valence-electron chi connectivity index (χ2n) is 2.15. The summed E-state index contributed by atoms with van der Waals surface area (Å²) < 4.78 is 0. The van der Waals surface area contributed by atoms with Crippen molar-refractivity contribution in [3.05, 3.63) is 28.0 Å². The van der Waals surface area contributed by atoms with Gasteiger partial charge in [0.2, 0.25) is 0 Å². The molecule has 1 aromatic heterocycles. The highest BCUT2D eigenvalue weighted by Crippen LogP contribution is 2.19. The molecule has 1 amide bonds. The summed E-state index contributed by atoms with van der Waals surface area (Å²) in [7, 11) is 0. The molecular formula is C7H3Cl2N2O2. The first kappa shape index (κ1) is 9.95. The van der Waals surface area contributed by atoms with E-state index in [1.54, 1.807) is 0 Å². The second kappa shape index (κ2) is 3.72. The number of ketones is 1. The lowest BCUT2D eigenvalue weighted by atomic mass is 10.2. The third-order valence-electron chi connectivity index (χ3n) is 1.26. The normalized spacial score (nSPS) is 9.69. The molecule has 1 radical (unpaired) electrons. The van der Waals surface area contributed by atoms with E-state index in [9.17, 15) is 9.59 Å². The number of Topliss-reactive ketones (excluding diaryl/α,β-unsaturated/α-hetero) is 1. The van der Waals surface area contributed by atoms with Gasteiger partial charge in [-0.3, -0.25) is 15.3 Å². The molecule has 0 spiro atoms. The highest BCUT2D eigenvalue weighted by atomic mass is 35.5. The number of pyridine rings is 1. The minimum atomic E-state index is -1.31. The molecule has 1 rings (SSSR count). The van der Waals surface area contributed by atoms with E-state index >= 15 is 0 Å². The van der Waals surface area contributed by atoms with Gasteiger partial charge in [0.15, 0.2) is 0 Å². The Balaban J connectivity index is 3.11. The van der Waals surface area contributed by atoms with Gasteiger partial charge in [0.05, 0.1) is 5.02 Å². The van der Waals surface area contributed by atoms with Crippen molar-refractivity contribution in [2.24, 2.45) is 0 Å². The summed E-state index contributed by atoms with van der Waals surface area (Å²) >= 11 is 11.0. The average molecular weight is 218 g/mol. The van der Waals surface area contributed by atoms with Crippen LogP contribution in [0.4, 0.5) is 0 Å². The maximum atomic E-state index is 10.9. The molecule has 1 heterocycles. The molecule has 67 valence electrons.